The first-order valence-electron chi connectivity index (χ1n) is 6.57. The first kappa shape index (κ1) is 15.3. The van der Waals surface area contributed by atoms with Gasteiger partial charge in [0.15, 0.2) is 0 Å². The maximum absolute atomic E-state index is 13.7. The van der Waals surface area contributed by atoms with E-state index in [0.717, 1.165) is 17.7 Å². The molecule has 0 aromatic heterocycles. The number of nitrogens with two attached hydrogens (primary N) is 1. The van der Waals surface area contributed by atoms with E-state index in [0.29, 0.717) is 12.2 Å². The molecule has 0 aliphatic rings. The van der Waals surface area contributed by atoms with E-state index in [2.05, 4.69) is 5.32 Å². The van der Waals surface area contributed by atoms with Gasteiger partial charge in [0.05, 0.1) is 12.7 Å². The normalized spacial score (nSPS) is 10.2. The van der Waals surface area contributed by atoms with Crippen molar-refractivity contribution in [2.75, 3.05) is 19.0 Å². The topological polar surface area (TPSA) is 47.3 Å². The number of halogens is 1. The summed E-state index contributed by atoms with van der Waals surface area (Å²) >= 11 is 4.90. The zero-order chi connectivity index (χ0) is 15.2. The number of rotatable bonds is 6. The Kier molecular flexibility index (Phi) is 5.11. The minimum atomic E-state index is -0.412. The summed E-state index contributed by atoms with van der Waals surface area (Å²) in [7, 11) is 1.64. The lowest BCUT2D eigenvalue weighted by molar-refractivity contribution is 0.410. The van der Waals surface area contributed by atoms with Gasteiger partial charge in [-0.15, -0.1) is 0 Å². The third kappa shape index (κ3) is 3.70. The Hall–Kier alpha value is -2.14. The van der Waals surface area contributed by atoms with E-state index in [1.165, 1.54) is 6.07 Å². The molecule has 0 unspecified atom stereocenters. The number of benzene rings is 2. The van der Waals surface area contributed by atoms with Crippen molar-refractivity contribution >= 4 is 22.9 Å². The molecule has 21 heavy (non-hydrogen) atoms. The van der Waals surface area contributed by atoms with Crippen LogP contribution in [0.4, 0.5) is 10.1 Å². The van der Waals surface area contributed by atoms with Crippen LogP contribution in [0, 0.1) is 5.82 Å². The van der Waals surface area contributed by atoms with Crippen LogP contribution in [0.3, 0.4) is 0 Å². The predicted molar refractivity (Wildman–Crippen MR) is 87.5 cm³/mol. The Bertz CT molecular complexity index is 646. The number of ether oxygens (including phenoxy) is 1. The highest BCUT2D eigenvalue weighted by atomic mass is 32.1. The van der Waals surface area contributed by atoms with Gasteiger partial charge in [0.1, 0.15) is 16.6 Å². The molecule has 2 rings (SSSR count). The Labute approximate surface area is 128 Å². The van der Waals surface area contributed by atoms with Crippen LogP contribution in [0.2, 0.25) is 0 Å². The molecule has 3 nitrogen and oxygen atoms in total. The van der Waals surface area contributed by atoms with Gasteiger partial charge in [-0.3, -0.25) is 0 Å². The molecule has 0 bridgehead atoms. The summed E-state index contributed by atoms with van der Waals surface area (Å²) in [5, 5.41) is 3.17. The Morgan fingerprint density at radius 3 is 2.71 bits per heavy atom. The molecular weight excluding hydrogens is 287 g/mol. The number of nitrogens with one attached hydrogen (secondary N) is 1. The van der Waals surface area contributed by atoms with Gasteiger partial charge in [-0.2, -0.15) is 0 Å². The van der Waals surface area contributed by atoms with Crippen molar-refractivity contribution in [3.8, 4) is 5.75 Å². The van der Waals surface area contributed by atoms with Gasteiger partial charge < -0.3 is 15.8 Å². The standard InChI is InChI=1S/C16H17FN2OS/c1-20-14-8-3-2-5-11(14)9-10-19-13-7-4-6-12(17)15(13)16(18)21/h2-8,19H,9-10H2,1H3,(H2,18,21). The van der Waals surface area contributed by atoms with Crippen molar-refractivity contribution in [3.05, 3.63) is 59.4 Å². The molecule has 2 aromatic rings. The van der Waals surface area contributed by atoms with Gasteiger partial charge in [0.25, 0.3) is 0 Å². The average molecular weight is 304 g/mol. The second-order valence-corrected chi connectivity index (χ2v) is 4.96. The largest absolute Gasteiger partial charge is 0.496 e. The summed E-state index contributed by atoms with van der Waals surface area (Å²) in [6.45, 7) is 0.624. The molecule has 3 N–H and O–H groups in total. The minimum absolute atomic E-state index is 0.0490. The van der Waals surface area contributed by atoms with Crippen molar-refractivity contribution in [2.45, 2.75) is 6.42 Å². The van der Waals surface area contributed by atoms with Crippen LogP contribution in [0.5, 0.6) is 5.75 Å². The fraction of sp³-hybridized carbons (Fsp3) is 0.188. The molecule has 0 radical (unpaired) electrons. The molecule has 0 fully saturated rings. The first-order chi connectivity index (χ1) is 10.1. The van der Waals surface area contributed by atoms with Gasteiger partial charge >= 0.3 is 0 Å². The summed E-state index contributed by atoms with van der Waals surface area (Å²) in [5.74, 6) is 0.429. The van der Waals surface area contributed by atoms with Crippen molar-refractivity contribution in [1.29, 1.82) is 0 Å². The Morgan fingerprint density at radius 2 is 2.00 bits per heavy atom. The quantitative estimate of drug-likeness (QED) is 0.805. The summed E-state index contributed by atoms with van der Waals surface area (Å²) in [6.07, 6.45) is 0.747. The van der Waals surface area contributed by atoms with Crippen LogP contribution >= 0.6 is 12.2 Å². The molecule has 0 heterocycles. The number of hydrogen-bond acceptors (Lipinski definition) is 3. The maximum atomic E-state index is 13.7. The van der Waals surface area contributed by atoms with Gasteiger partial charge in [0, 0.05) is 12.2 Å². The third-order valence-corrected chi connectivity index (χ3v) is 3.37. The molecule has 0 aliphatic carbocycles. The smallest absolute Gasteiger partial charge is 0.135 e. The molecule has 0 saturated heterocycles. The van der Waals surface area contributed by atoms with E-state index >= 15 is 0 Å². The van der Waals surface area contributed by atoms with Gasteiger partial charge in [-0.25, -0.2) is 4.39 Å². The van der Waals surface area contributed by atoms with E-state index in [9.17, 15) is 4.39 Å². The highest BCUT2D eigenvalue weighted by Gasteiger charge is 2.10. The number of hydrogen-bond donors (Lipinski definition) is 2. The zero-order valence-corrected chi connectivity index (χ0v) is 12.5. The zero-order valence-electron chi connectivity index (χ0n) is 11.7. The van der Waals surface area contributed by atoms with Crippen LogP contribution in [-0.2, 0) is 6.42 Å². The van der Waals surface area contributed by atoms with Crippen LogP contribution in [0.1, 0.15) is 11.1 Å². The average Bonchev–Trinajstić information content (AvgIpc) is 2.47. The lowest BCUT2D eigenvalue weighted by Crippen LogP contribution is -2.16. The Morgan fingerprint density at radius 1 is 1.24 bits per heavy atom. The number of anilines is 1. The molecule has 0 spiro atoms. The minimum Gasteiger partial charge on any atom is -0.496 e. The molecule has 0 amide bonds. The monoisotopic (exact) mass is 304 g/mol. The molecule has 2 aromatic carbocycles. The second-order valence-electron chi connectivity index (χ2n) is 4.52. The SMILES string of the molecule is COc1ccccc1CCNc1cccc(F)c1C(N)=S. The van der Waals surface area contributed by atoms with Crippen molar-refractivity contribution in [2.24, 2.45) is 5.73 Å². The van der Waals surface area contributed by atoms with Crippen LogP contribution < -0.4 is 15.8 Å². The lowest BCUT2D eigenvalue weighted by Gasteiger charge is -2.13. The van der Waals surface area contributed by atoms with E-state index in [4.69, 9.17) is 22.7 Å². The summed E-state index contributed by atoms with van der Waals surface area (Å²) < 4.78 is 19.0. The van der Waals surface area contributed by atoms with Crippen LogP contribution in [0.25, 0.3) is 0 Å². The van der Waals surface area contributed by atoms with Crippen molar-refractivity contribution in [3.63, 3.8) is 0 Å². The van der Waals surface area contributed by atoms with Gasteiger partial charge in [-0.05, 0) is 30.2 Å². The highest BCUT2D eigenvalue weighted by Crippen LogP contribution is 2.21. The number of thiocarbonyl (C=S) groups is 1. The van der Waals surface area contributed by atoms with E-state index in [1.54, 1.807) is 19.2 Å². The third-order valence-electron chi connectivity index (χ3n) is 3.16. The lowest BCUT2D eigenvalue weighted by atomic mass is 10.1. The number of methoxy groups -OCH3 is 1. The van der Waals surface area contributed by atoms with Crippen molar-refractivity contribution in [1.82, 2.24) is 0 Å². The summed E-state index contributed by atoms with van der Waals surface area (Å²) in [4.78, 5) is 0.0490. The Balaban J connectivity index is 2.07. The molecular formula is C16H17FN2OS. The molecule has 0 saturated carbocycles. The molecule has 5 heteroatoms. The second kappa shape index (κ2) is 7.04. The highest BCUT2D eigenvalue weighted by molar-refractivity contribution is 7.80. The van der Waals surface area contributed by atoms with E-state index in [-0.39, 0.29) is 10.6 Å². The van der Waals surface area contributed by atoms with E-state index in [1.807, 2.05) is 24.3 Å². The maximum Gasteiger partial charge on any atom is 0.135 e. The fourth-order valence-corrected chi connectivity index (χ4v) is 2.37. The van der Waals surface area contributed by atoms with Crippen LogP contribution in [0.15, 0.2) is 42.5 Å². The fourth-order valence-electron chi connectivity index (χ4n) is 2.16. The molecule has 0 atom stereocenters. The predicted octanol–water partition coefficient (Wildman–Crippen LogP) is 3.12. The van der Waals surface area contributed by atoms with E-state index < -0.39 is 5.82 Å². The first-order valence-corrected chi connectivity index (χ1v) is 6.98. The van der Waals surface area contributed by atoms with Crippen LogP contribution in [-0.4, -0.2) is 18.6 Å². The number of para-hydroxylation sites is 1. The van der Waals surface area contributed by atoms with Crippen molar-refractivity contribution < 1.29 is 9.13 Å². The summed E-state index contributed by atoms with van der Waals surface area (Å²) in [5.41, 5.74) is 7.53. The molecule has 110 valence electrons. The molecule has 0 aliphatic heterocycles. The van der Waals surface area contributed by atoms with Gasteiger partial charge in [-0.1, -0.05) is 36.5 Å². The van der Waals surface area contributed by atoms with Gasteiger partial charge in [0.2, 0.25) is 0 Å². The summed E-state index contributed by atoms with van der Waals surface area (Å²) in [6, 6.07) is 12.5.